The van der Waals surface area contributed by atoms with Gasteiger partial charge in [0.1, 0.15) is 0 Å². The minimum Gasteiger partial charge on any atom is -0.494 e. The first-order valence-corrected chi connectivity index (χ1v) is 8.58. The highest BCUT2D eigenvalue weighted by molar-refractivity contribution is 6.32. The van der Waals surface area contributed by atoms with Gasteiger partial charge in [0.2, 0.25) is 0 Å². The van der Waals surface area contributed by atoms with Crippen molar-refractivity contribution in [3.8, 4) is 16.9 Å². The Labute approximate surface area is 163 Å². The normalized spacial score (nSPS) is 11.1. The summed E-state index contributed by atoms with van der Waals surface area (Å²) in [5.41, 5.74) is 2.39. The lowest BCUT2D eigenvalue weighted by Gasteiger charge is -2.12. The molecular formula is C20H13ClN2O5. The van der Waals surface area contributed by atoms with Crippen LogP contribution in [0.25, 0.3) is 32.9 Å². The molecule has 28 heavy (non-hydrogen) atoms. The van der Waals surface area contributed by atoms with E-state index in [1.165, 1.54) is 25.3 Å². The number of nitro benzene ring substituents is 1. The van der Waals surface area contributed by atoms with E-state index in [0.29, 0.717) is 38.2 Å². The summed E-state index contributed by atoms with van der Waals surface area (Å²) in [6, 6.07) is 12.6. The van der Waals surface area contributed by atoms with Gasteiger partial charge in [0.25, 0.3) is 5.69 Å². The number of aromatic nitrogens is 1. The molecule has 0 saturated heterocycles. The molecule has 4 rings (SSSR count). The van der Waals surface area contributed by atoms with Gasteiger partial charge in [-0.15, -0.1) is 0 Å². The Morgan fingerprint density at radius 1 is 1.18 bits per heavy atom. The van der Waals surface area contributed by atoms with E-state index >= 15 is 0 Å². The van der Waals surface area contributed by atoms with E-state index in [-0.39, 0.29) is 11.3 Å². The van der Waals surface area contributed by atoms with Crippen LogP contribution in [0.1, 0.15) is 10.4 Å². The molecule has 0 saturated carbocycles. The van der Waals surface area contributed by atoms with Crippen molar-refractivity contribution >= 4 is 45.1 Å². The maximum atomic E-state index is 12.0. The molecule has 0 aliphatic carbocycles. The number of non-ortho nitro benzene ring substituents is 1. The topological polar surface area (TPSA) is 105 Å². The fourth-order valence-electron chi connectivity index (χ4n) is 3.39. The van der Waals surface area contributed by atoms with E-state index < -0.39 is 10.9 Å². The van der Waals surface area contributed by atoms with Gasteiger partial charge in [-0.2, -0.15) is 0 Å². The van der Waals surface area contributed by atoms with Gasteiger partial charge >= 0.3 is 5.97 Å². The maximum Gasteiger partial charge on any atom is 0.336 e. The van der Waals surface area contributed by atoms with E-state index in [1.54, 1.807) is 30.3 Å². The van der Waals surface area contributed by atoms with E-state index in [1.807, 2.05) is 0 Å². The number of carboxylic acids is 1. The third kappa shape index (κ3) is 2.73. The van der Waals surface area contributed by atoms with Crippen LogP contribution in [0.3, 0.4) is 0 Å². The van der Waals surface area contributed by atoms with E-state index in [4.69, 9.17) is 16.3 Å². The molecule has 3 aromatic carbocycles. The molecule has 1 aromatic heterocycles. The third-order valence-corrected chi connectivity index (χ3v) is 4.85. The van der Waals surface area contributed by atoms with Gasteiger partial charge in [0, 0.05) is 39.0 Å². The van der Waals surface area contributed by atoms with Crippen LogP contribution in [-0.4, -0.2) is 28.1 Å². The summed E-state index contributed by atoms with van der Waals surface area (Å²) < 4.78 is 5.59. The summed E-state index contributed by atoms with van der Waals surface area (Å²) in [5.74, 6) is -0.655. The molecule has 4 aromatic rings. The van der Waals surface area contributed by atoms with Gasteiger partial charge in [-0.3, -0.25) is 10.1 Å². The van der Waals surface area contributed by atoms with Crippen LogP contribution in [0.5, 0.6) is 5.75 Å². The highest BCUT2D eigenvalue weighted by Crippen LogP contribution is 2.42. The number of ether oxygens (including phenoxy) is 1. The van der Waals surface area contributed by atoms with Crippen molar-refractivity contribution in [1.82, 2.24) is 4.98 Å². The molecule has 2 N–H and O–H groups in total. The number of hydrogen-bond acceptors (Lipinski definition) is 4. The lowest BCUT2D eigenvalue weighted by molar-refractivity contribution is -0.384. The largest absolute Gasteiger partial charge is 0.494 e. The molecule has 0 aliphatic rings. The number of benzene rings is 3. The van der Waals surface area contributed by atoms with Gasteiger partial charge in [-0.25, -0.2) is 4.79 Å². The number of aromatic amines is 1. The molecule has 0 aliphatic heterocycles. The molecule has 8 heteroatoms. The first-order chi connectivity index (χ1) is 13.4. The molecule has 7 nitrogen and oxygen atoms in total. The fraction of sp³-hybridized carbons (Fsp3) is 0.0500. The Bertz CT molecular complexity index is 1260. The van der Waals surface area contributed by atoms with Gasteiger partial charge in [-0.05, 0) is 42.0 Å². The van der Waals surface area contributed by atoms with Gasteiger partial charge in [0.05, 0.1) is 23.1 Å². The molecule has 0 bridgehead atoms. The Hall–Kier alpha value is -3.58. The Kier molecular flexibility index (Phi) is 4.16. The van der Waals surface area contributed by atoms with Crippen LogP contribution in [0.4, 0.5) is 5.69 Å². The first-order valence-electron chi connectivity index (χ1n) is 8.20. The van der Waals surface area contributed by atoms with Crippen molar-refractivity contribution < 1.29 is 19.6 Å². The zero-order chi connectivity index (χ0) is 20.0. The molecule has 140 valence electrons. The SMILES string of the molecule is COc1c(-c2ccc([N+](=O)[O-])cc2)cc(C(=O)O)c2c1[nH]c1ccc(Cl)cc12. The monoisotopic (exact) mass is 396 g/mol. The van der Waals surface area contributed by atoms with Gasteiger partial charge in [-0.1, -0.05) is 11.6 Å². The average molecular weight is 397 g/mol. The van der Waals surface area contributed by atoms with Crippen molar-refractivity contribution in [1.29, 1.82) is 0 Å². The van der Waals surface area contributed by atoms with Crippen LogP contribution in [-0.2, 0) is 0 Å². The second-order valence-corrected chi connectivity index (χ2v) is 6.62. The molecule has 0 amide bonds. The zero-order valence-corrected chi connectivity index (χ0v) is 15.3. The molecule has 0 unspecified atom stereocenters. The van der Waals surface area contributed by atoms with Crippen molar-refractivity contribution in [3.63, 3.8) is 0 Å². The summed E-state index contributed by atoms with van der Waals surface area (Å²) in [7, 11) is 1.49. The highest BCUT2D eigenvalue weighted by Gasteiger charge is 2.22. The average Bonchev–Trinajstić information content (AvgIpc) is 3.05. The summed E-state index contributed by atoms with van der Waals surface area (Å²) >= 11 is 6.10. The quantitative estimate of drug-likeness (QED) is 0.361. The van der Waals surface area contributed by atoms with Gasteiger partial charge in [0.15, 0.2) is 5.75 Å². The first kappa shape index (κ1) is 17.8. The molecular weight excluding hydrogens is 384 g/mol. The fourth-order valence-corrected chi connectivity index (χ4v) is 3.56. The molecule has 0 fully saturated rings. The predicted octanol–water partition coefficient (Wildman–Crippen LogP) is 5.26. The van der Waals surface area contributed by atoms with Crippen LogP contribution in [0.2, 0.25) is 5.02 Å². The van der Waals surface area contributed by atoms with Crippen molar-refractivity contribution in [2.75, 3.05) is 7.11 Å². The third-order valence-electron chi connectivity index (χ3n) is 4.61. The number of carbonyl (C=O) groups is 1. The Morgan fingerprint density at radius 3 is 2.50 bits per heavy atom. The molecule has 0 radical (unpaired) electrons. The van der Waals surface area contributed by atoms with Crippen LogP contribution < -0.4 is 4.74 Å². The second kappa shape index (κ2) is 6.54. The van der Waals surface area contributed by atoms with E-state index in [0.717, 1.165) is 5.52 Å². The number of carboxylic acid groups (broad SMARTS) is 1. The van der Waals surface area contributed by atoms with E-state index in [2.05, 4.69) is 4.98 Å². The summed E-state index contributed by atoms with van der Waals surface area (Å²) in [5, 5.41) is 22.4. The molecule has 0 spiro atoms. The lowest BCUT2D eigenvalue weighted by Crippen LogP contribution is -2.00. The highest BCUT2D eigenvalue weighted by atomic mass is 35.5. The van der Waals surface area contributed by atoms with Crippen molar-refractivity contribution in [3.05, 3.63) is 69.2 Å². The summed E-state index contributed by atoms with van der Waals surface area (Å²) in [6.07, 6.45) is 0. The number of H-pyrrole nitrogens is 1. The molecule has 0 atom stereocenters. The van der Waals surface area contributed by atoms with Crippen LogP contribution >= 0.6 is 11.6 Å². The van der Waals surface area contributed by atoms with Crippen LogP contribution in [0, 0.1) is 10.1 Å². The predicted molar refractivity (Wildman–Crippen MR) is 106 cm³/mol. The van der Waals surface area contributed by atoms with Crippen molar-refractivity contribution in [2.45, 2.75) is 0 Å². The number of rotatable bonds is 4. The van der Waals surface area contributed by atoms with Gasteiger partial charge < -0.3 is 14.8 Å². The molecule has 1 heterocycles. The number of nitro groups is 1. The maximum absolute atomic E-state index is 12.0. The van der Waals surface area contributed by atoms with Crippen LogP contribution in [0.15, 0.2) is 48.5 Å². The number of hydrogen-bond donors (Lipinski definition) is 2. The number of methoxy groups -OCH3 is 1. The zero-order valence-electron chi connectivity index (χ0n) is 14.5. The summed E-state index contributed by atoms with van der Waals surface area (Å²) in [6.45, 7) is 0. The Balaban J connectivity index is 2.08. The number of nitrogens with one attached hydrogen (secondary N) is 1. The second-order valence-electron chi connectivity index (χ2n) is 6.18. The minimum atomic E-state index is -1.10. The smallest absolute Gasteiger partial charge is 0.336 e. The lowest BCUT2D eigenvalue weighted by atomic mass is 9.97. The van der Waals surface area contributed by atoms with E-state index in [9.17, 15) is 20.0 Å². The minimum absolute atomic E-state index is 0.0532. The number of nitrogens with zero attached hydrogens (tertiary/aromatic N) is 1. The number of halogens is 1. The number of aromatic carboxylic acids is 1. The summed E-state index contributed by atoms with van der Waals surface area (Å²) in [4.78, 5) is 25.6. The van der Waals surface area contributed by atoms with Crippen molar-refractivity contribution in [2.24, 2.45) is 0 Å². The Morgan fingerprint density at radius 2 is 1.89 bits per heavy atom. The number of fused-ring (bicyclic) bond motifs is 3. The standard InChI is InChI=1S/C20H13ClN2O5/c1-28-19-13(10-2-5-12(6-3-10)23(26)27)9-15(20(24)25)17-14-8-11(21)4-7-16(14)22-18(17)19/h2-9,22H,1H3,(H,24,25).